The van der Waals surface area contributed by atoms with Gasteiger partial charge in [0.15, 0.2) is 0 Å². The van der Waals surface area contributed by atoms with Gasteiger partial charge in [0.2, 0.25) is 0 Å². The molecule has 94 valence electrons. The summed E-state index contributed by atoms with van der Waals surface area (Å²) in [6, 6.07) is 10.2. The van der Waals surface area contributed by atoms with E-state index < -0.39 is 5.76 Å². The Morgan fingerprint density at radius 2 is 1.94 bits per heavy atom. The maximum absolute atomic E-state index is 12.4. The van der Waals surface area contributed by atoms with E-state index in [0.717, 1.165) is 0 Å². The van der Waals surface area contributed by atoms with E-state index in [2.05, 4.69) is 10.3 Å². The average molecular weight is 267 g/mol. The van der Waals surface area contributed by atoms with Gasteiger partial charge in [0.05, 0.1) is 17.6 Å². The molecule has 0 aliphatic rings. The number of hydrogen-bond donors (Lipinski definition) is 2. The van der Waals surface area contributed by atoms with Crippen LogP contribution >= 0.6 is 11.8 Å². The number of nitrogen functional groups attached to an aromatic ring is 1. The zero-order chi connectivity index (χ0) is 13.0. The standard InChI is InChI=1S/C12H11F2N3S/c13-12(14)18-10-4-2-1-3-9(10)17-11-6-5-8(15)7-16-11/h1-7,12H,15H2,(H,16,17). The molecule has 3 nitrogen and oxygen atoms in total. The fraction of sp³-hybridized carbons (Fsp3) is 0.0833. The maximum atomic E-state index is 12.4. The molecule has 0 aliphatic carbocycles. The molecule has 1 aromatic heterocycles. The van der Waals surface area contributed by atoms with Gasteiger partial charge in [-0.3, -0.25) is 0 Å². The zero-order valence-electron chi connectivity index (χ0n) is 9.31. The van der Waals surface area contributed by atoms with Crippen LogP contribution in [0.2, 0.25) is 0 Å². The Hall–Kier alpha value is -1.82. The van der Waals surface area contributed by atoms with Crippen molar-refractivity contribution in [3.8, 4) is 0 Å². The minimum atomic E-state index is -2.45. The van der Waals surface area contributed by atoms with Crippen LogP contribution in [0.3, 0.4) is 0 Å². The van der Waals surface area contributed by atoms with E-state index in [1.54, 1.807) is 36.4 Å². The van der Waals surface area contributed by atoms with Gasteiger partial charge in [0.25, 0.3) is 5.76 Å². The topological polar surface area (TPSA) is 50.9 Å². The fourth-order valence-corrected chi connectivity index (χ4v) is 1.98. The fourth-order valence-electron chi connectivity index (χ4n) is 1.39. The Labute approximate surface area is 107 Å². The largest absolute Gasteiger partial charge is 0.397 e. The molecule has 3 N–H and O–H groups in total. The Morgan fingerprint density at radius 1 is 1.17 bits per heavy atom. The van der Waals surface area contributed by atoms with Crippen LogP contribution in [0.1, 0.15) is 0 Å². The number of anilines is 3. The third-order valence-electron chi connectivity index (χ3n) is 2.15. The lowest BCUT2D eigenvalue weighted by molar-refractivity contribution is 0.252. The van der Waals surface area contributed by atoms with E-state index in [1.807, 2.05) is 0 Å². The van der Waals surface area contributed by atoms with Crippen molar-refractivity contribution in [2.45, 2.75) is 10.7 Å². The molecule has 6 heteroatoms. The number of aromatic nitrogens is 1. The molecule has 0 saturated carbocycles. The Bertz CT molecular complexity index is 517. The zero-order valence-corrected chi connectivity index (χ0v) is 10.1. The molecule has 0 atom stereocenters. The highest BCUT2D eigenvalue weighted by molar-refractivity contribution is 7.99. The first-order chi connectivity index (χ1) is 8.65. The molecule has 18 heavy (non-hydrogen) atoms. The Kier molecular flexibility index (Phi) is 3.99. The average Bonchev–Trinajstić information content (AvgIpc) is 2.34. The quantitative estimate of drug-likeness (QED) is 0.829. The van der Waals surface area contributed by atoms with E-state index in [0.29, 0.717) is 33.9 Å². The Morgan fingerprint density at radius 3 is 2.61 bits per heavy atom. The van der Waals surface area contributed by atoms with Crippen molar-refractivity contribution >= 4 is 29.0 Å². The lowest BCUT2D eigenvalue weighted by atomic mass is 10.3. The highest BCUT2D eigenvalue weighted by atomic mass is 32.2. The van der Waals surface area contributed by atoms with Gasteiger partial charge in [-0.15, -0.1) is 0 Å². The first-order valence-electron chi connectivity index (χ1n) is 5.17. The summed E-state index contributed by atoms with van der Waals surface area (Å²) in [7, 11) is 0. The number of nitrogens with two attached hydrogens (primary N) is 1. The molecule has 2 aromatic rings. The molecular formula is C12H11F2N3S. The smallest absolute Gasteiger partial charge is 0.288 e. The van der Waals surface area contributed by atoms with Crippen LogP contribution < -0.4 is 11.1 Å². The Balaban J connectivity index is 2.20. The molecule has 0 fully saturated rings. The monoisotopic (exact) mass is 267 g/mol. The van der Waals surface area contributed by atoms with E-state index in [9.17, 15) is 8.78 Å². The first kappa shape index (κ1) is 12.6. The van der Waals surface area contributed by atoms with Crippen molar-refractivity contribution < 1.29 is 8.78 Å². The molecule has 0 spiro atoms. The summed E-state index contributed by atoms with van der Waals surface area (Å²) in [6.07, 6.45) is 1.51. The summed E-state index contributed by atoms with van der Waals surface area (Å²) in [5.74, 6) is -1.89. The number of para-hydroxylation sites is 1. The number of halogens is 2. The van der Waals surface area contributed by atoms with Crippen LogP contribution in [0, 0.1) is 0 Å². The number of rotatable bonds is 4. The molecule has 1 aromatic carbocycles. The van der Waals surface area contributed by atoms with Crippen LogP contribution in [0.15, 0.2) is 47.5 Å². The van der Waals surface area contributed by atoms with Crippen LogP contribution in [-0.2, 0) is 0 Å². The number of nitrogens with zero attached hydrogens (tertiary/aromatic N) is 1. The van der Waals surface area contributed by atoms with Crippen molar-refractivity contribution in [2.24, 2.45) is 0 Å². The van der Waals surface area contributed by atoms with Crippen molar-refractivity contribution in [3.05, 3.63) is 42.6 Å². The van der Waals surface area contributed by atoms with Gasteiger partial charge in [0.1, 0.15) is 5.82 Å². The van der Waals surface area contributed by atoms with Crippen molar-refractivity contribution in [1.29, 1.82) is 0 Å². The highest BCUT2D eigenvalue weighted by Crippen LogP contribution is 2.32. The lowest BCUT2D eigenvalue weighted by Crippen LogP contribution is -1.96. The third kappa shape index (κ3) is 3.33. The normalized spacial score (nSPS) is 10.6. The number of benzene rings is 1. The van der Waals surface area contributed by atoms with E-state index in [4.69, 9.17) is 5.73 Å². The summed E-state index contributed by atoms with van der Waals surface area (Å²) in [5, 5.41) is 2.98. The van der Waals surface area contributed by atoms with Gasteiger partial charge in [-0.05, 0) is 24.3 Å². The molecule has 1 heterocycles. The van der Waals surface area contributed by atoms with E-state index in [-0.39, 0.29) is 0 Å². The molecular weight excluding hydrogens is 256 g/mol. The van der Waals surface area contributed by atoms with Crippen LogP contribution in [0.25, 0.3) is 0 Å². The molecule has 0 amide bonds. The molecule has 2 rings (SSSR count). The van der Waals surface area contributed by atoms with Gasteiger partial charge in [-0.1, -0.05) is 23.9 Å². The second-order valence-electron chi connectivity index (χ2n) is 3.48. The van der Waals surface area contributed by atoms with E-state index >= 15 is 0 Å². The number of pyridine rings is 1. The number of nitrogens with one attached hydrogen (secondary N) is 1. The van der Waals surface area contributed by atoms with Crippen molar-refractivity contribution in [3.63, 3.8) is 0 Å². The number of thioether (sulfide) groups is 1. The third-order valence-corrected chi connectivity index (χ3v) is 2.94. The SMILES string of the molecule is Nc1ccc(Nc2ccccc2SC(F)F)nc1. The number of alkyl halides is 2. The van der Waals surface area contributed by atoms with Crippen LogP contribution in [-0.4, -0.2) is 10.7 Å². The van der Waals surface area contributed by atoms with Gasteiger partial charge in [-0.25, -0.2) is 4.98 Å². The predicted molar refractivity (Wildman–Crippen MR) is 70.2 cm³/mol. The van der Waals surface area contributed by atoms with Crippen LogP contribution in [0.4, 0.5) is 26.0 Å². The summed E-state index contributed by atoms with van der Waals surface area (Å²) < 4.78 is 24.8. The molecule has 0 saturated heterocycles. The second-order valence-corrected chi connectivity index (χ2v) is 4.51. The molecule has 0 unspecified atom stereocenters. The highest BCUT2D eigenvalue weighted by Gasteiger charge is 2.09. The summed E-state index contributed by atoms with van der Waals surface area (Å²) >= 11 is 0.499. The molecule has 0 radical (unpaired) electrons. The maximum Gasteiger partial charge on any atom is 0.288 e. The second kappa shape index (κ2) is 5.68. The lowest BCUT2D eigenvalue weighted by Gasteiger charge is -2.10. The molecule has 0 bridgehead atoms. The van der Waals surface area contributed by atoms with E-state index in [1.165, 1.54) is 6.20 Å². The minimum Gasteiger partial charge on any atom is -0.397 e. The van der Waals surface area contributed by atoms with Gasteiger partial charge in [-0.2, -0.15) is 8.78 Å². The number of hydrogen-bond acceptors (Lipinski definition) is 4. The predicted octanol–water partition coefficient (Wildman–Crippen LogP) is 3.72. The van der Waals surface area contributed by atoms with Gasteiger partial charge < -0.3 is 11.1 Å². The molecule has 0 aliphatic heterocycles. The van der Waals surface area contributed by atoms with Crippen LogP contribution in [0.5, 0.6) is 0 Å². The van der Waals surface area contributed by atoms with Gasteiger partial charge >= 0.3 is 0 Å². The summed E-state index contributed by atoms with van der Waals surface area (Å²) in [5.41, 5.74) is 6.67. The summed E-state index contributed by atoms with van der Waals surface area (Å²) in [4.78, 5) is 4.54. The van der Waals surface area contributed by atoms with Gasteiger partial charge in [0, 0.05) is 4.90 Å². The van der Waals surface area contributed by atoms with Crippen molar-refractivity contribution in [2.75, 3.05) is 11.1 Å². The summed E-state index contributed by atoms with van der Waals surface area (Å²) in [6.45, 7) is 0. The minimum absolute atomic E-state index is 0.478. The van der Waals surface area contributed by atoms with Crippen molar-refractivity contribution in [1.82, 2.24) is 4.98 Å². The first-order valence-corrected chi connectivity index (χ1v) is 6.05.